The van der Waals surface area contributed by atoms with Gasteiger partial charge in [-0.15, -0.1) is 0 Å². The van der Waals surface area contributed by atoms with Crippen molar-refractivity contribution in [2.45, 2.75) is 51.5 Å². The molecule has 214 valence electrons. The average molecular weight is 552 g/mol. The van der Waals surface area contributed by atoms with Crippen molar-refractivity contribution in [3.05, 3.63) is 70.3 Å². The highest BCUT2D eigenvalue weighted by atomic mass is 15.3. The predicted octanol–water partition coefficient (Wildman–Crippen LogP) is 5.13. The molecule has 2 unspecified atom stereocenters. The first-order chi connectivity index (χ1) is 19.9. The van der Waals surface area contributed by atoms with Crippen LogP contribution < -0.4 is 0 Å². The summed E-state index contributed by atoms with van der Waals surface area (Å²) in [5.41, 5.74) is 9.57. The van der Waals surface area contributed by atoms with Crippen LogP contribution >= 0.6 is 0 Å². The number of likely N-dealkylation sites (N-methyl/N-ethyl adjacent to an activating group) is 1. The Morgan fingerprint density at radius 2 is 2.07 bits per heavy atom. The summed E-state index contributed by atoms with van der Waals surface area (Å²) in [4.78, 5) is 16.1. The second kappa shape index (κ2) is 12.7. The van der Waals surface area contributed by atoms with Gasteiger partial charge in [0.05, 0.1) is 36.2 Å². The van der Waals surface area contributed by atoms with E-state index in [-0.39, 0.29) is 5.92 Å². The molecule has 1 aromatic carbocycles. The van der Waals surface area contributed by atoms with Gasteiger partial charge in [0.2, 0.25) is 0 Å². The predicted molar refractivity (Wildman–Crippen MR) is 168 cm³/mol. The molecule has 1 N–H and O–H groups in total. The van der Waals surface area contributed by atoms with E-state index in [4.69, 9.17) is 20.5 Å². The Labute approximate surface area is 242 Å². The van der Waals surface area contributed by atoms with Crippen LogP contribution in [0.1, 0.15) is 60.2 Å². The molecule has 3 heterocycles. The van der Waals surface area contributed by atoms with Gasteiger partial charge in [-0.25, -0.2) is 9.98 Å². The Morgan fingerprint density at radius 1 is 1.22 bits per heavy atom. The van der Waals surface area contributed by atoms with Gasteiger partial charge < -0.3 is 10.3 Å². The highest BCUT2D eigenvalue weighted by Crippen LogP contribution is 2.40. The van der Waals surface area contributed by atoms with Gasteiger partial charge in [-0.2, -0.15) is 10.2 Å². The van der Waals surface area contributed by atoms with Gasteiger partial charge in [0.15, 0.2) is 0 Å². The molecule has 9 nitrogen and oxygen atoms in total. The Bertz CT molecular complexity index is 1520. The van der Waals surface area contributed by atoms with Crippen LogP contribution in [0.4, 0.5) is 5.69 Å². The fourth-order valence-corrected chi connectivity index (χ4v) is 5.82. The number of amidine groups is 1. The smallest absolute Gasteiger partial charge is 0.129 e. The molecule has 0 saturated heterocycles. The molecule has 0 radical (unpaired) electrons. The molecule has 0 amide bonds. The molecule has 1 aliphatic heterocycles. The number of nitrogens with one attached hydrogen (secondary N) is 1. The maximum absolute atomic E-state index is 7.83. The van der Waals surface area contributed by atoms with E-state index in [1.54, 1.807) is 7.05 Å². The number of rotatable bonds is 9. The molecule has 0 bridgehead atoms. The second-order valence-electron chi connectivity index (χ2n) is 11.3. The number of hydrogen-bond acceptors (Lipinski definition) is 6. The van der Waals surface area contributed by atoms with Crippen LogP contribution in [0.3, 0.4) is 0 Å². The molecule has 2 aromatic heterocycles. The van der Waals surface area contributed by atoms with Crippen molar-refractivity contribution in [3.63, 3.8) is 0 Å². The number of aliphatic imine (C=N–C) groups is 3. The van der Waals surface area contributed by atoms with Gasteiger partial charge in [0.1, 0.15) is 11.5 Å². The summed E-state index contributed by atoms with van der Waals surface area (Å²) >= 11 is 0. The van der Waals surface area contributed by atoms with Crippen LogP contribution in [-0.4, -0.2) is 76.6 Å². The largest absolute Gasteiger partial charge is 0.312 e. The van der Waals surface area contributed by atoms with Crippen molar-refractivity contribution in [3.8, 4) is 0 Å². The normalized spacial score (nSPS) is 19.0. The maximum Gasteiger partial charge on any atom is 0.129 e. The van der Waals surface area contributed by atoms with Gasteiger partial charge in [-0.1, -0.05) is 31.2 Å². The standard InChI is InChI=1S/C32H41N9/c1-22-9-12-30(37-27-20-36-41(21-27)14-13-39(3)4)35-19-25-10-11-28-32(31(22)25)29(40(5)38-28)16-23-7-6-8-24(15-23)26(17-33)18-34-2/h6-8,15,17-22,26,33H,9-14,16H2,1-5H3. The summed E-state index contributed by atoms with van der Waals surface area (Å²) in [7, 11) is 7.95. The number of fused-ring (bicyclic) bond motifs is 2. The van der Waals surface area contributed by atoms with Crippen LogP contribution in [0.5, 0.6) is 0 Å². The second-order valence-corrected chi connectivity index (χ2v) is 11.3. The van der Waals surface area contributed by atoms with E-state index >= 15 is 0 Å². The Balaban J connectivity index is 1.44. The van der Waals surface area contributed by atoms with Crippen LogP contribution in [0.25, 0.3) is 5.57 Å². The number of nitrogens with zero attached hydrogens (tertiary/aromatic N) is 8. The van der Waals surface area contributed by atoms with E-state index in [0.29, 0.717) is 5.92 Å². The molecule has 9 heteroatoms. The van der Waals surface area contributed by atoms with E-state index in [1.807, 2.05) is 23.3 Å². The number of hydrogen-bond donors (Lipinski definition) is 1. The SMILES string of the molecule is CN=CC(C=N)c1cccc(Cc2c3c(nn2C)CCC2=C3C(C)CCC(=Nc3cnn(CCN(C)C)c3)N=C2)c1. The fourth-order valence-electron chi connectivity index (χ4n) is 5.82. The quantitative estimate of drug-likeness (QED) is 0.373. The summed E-state index contributed by atoms with van der Waals surface area (Å²) in [6.07, 6.45) is 13.6. The lowest BCUT2D eigenvalue weighted by atomic mass is 9.79. The van der Waals surface area contributed by atoms with Gasteiger partial charge in [-0.05, 0) is 61.5 Å². The van der Waals surface area contributed by atoms with E-state index in [2.05, 4.69) is 78.2 Å². The highest BCUT2D eigenvalue weighted by molar-refractivity contribution is 6.01. The van der Waals surface area contributed by atoms with Crippen LogP contribution in [0.2, 0.25) is 0 Å². The molecule has 3 aromatic rings. The molecule has 0 saturated carbocycles. The van der Waals surface area contributed by atoms with Crippen molar-refractivity contribution < 1.29 is 0 Å². The third kappa shape index (κ3) is 6.51. The van der Waals surface area contributed by atoms with E-state index in [0.717, 1.165) is 62.3 Å². The van der Waals surface area contributed by atoms with Gasteiger partial charge >= 0.3 is 0 Å². The lowest BCUT2D eigenvalue weighted by molar-refractivity contribution is 0.373. The first-order valence-corrected chi connectivity index (χ1v) is 14.4. The zero-order chi connectivity index (χ0) is 28.9. The number of aryl methyl sites for hydroxylation is 2. The Kier molecular flexibility index (Phi) is 8.83. The van der Waals surface area contributed by atoms with Crippen molar-refractivity contribution >= 4 is 35.7 Å². The third-order valence-electron chi connectivity index (χ3n) is 8.00. The van der Waals surface area contributed by atoms with E-state index in [9.17, 15) is 0 Å². The summed E-state index contributed by atoms with van der Waals surface area (Å²) < 4.78 is 4.01. The van der Waals surface area contributed by atoms with Gasteiger partial charge in [0, 0.05) is 57.7 Å². The highest BCUT2D eigenvalue weighted by Gasteiger charge is 2.30. The molecular weight excluding hydrogens is 510 g/mol. The third-order valence-corrected chi connectivity index (χ3v) is 8.00. The molecule has 41 heavy (non-hydrogen) atoms. The minimum absolute atomic E-state index is 0.111. The minimum Gasteiger partial charge on any atom is -0.312 e. The first kappa shape index (κ1) is 28.5. The zero-order valence-corrected chi connectivity index (χ0v) is 24.9. The van der Waals surface area contributed by atoms with Crippen molar-refractivity contribution in [1.29, 1.82) is 5.41 Å². The zero-order valence-electron chi connectivity index (χ0n) is 24.9. The summed E-state index contributed by atoms with van der Waals surface area (Å²) in [6, 6.07) is 8.51. The Hall–Kier alpha value is -3.98. The monoisotopic (exact) mass is 551 g/mol. The lowest BCUT2D eigenvalue weighted by Gasteiger charge is -2.26. The molecule has 5 rings (SSSR count). The average Bonchev–Trinajstić information content (AvgIpc) is 3.54. The van der Waals surface area contributed by atoms with Crippen LogP contribution in [0.15, 0.2) is 57.2 Å². The van der Waals surface area contributed by atoms with E-state index in [1.165, 1.54) is 39.9 Å². The maximum atomic E-state index is 7.83. The van der Waals surface area contributed by atoms with E-state index < -0.39 is 0 Å². The van der Waals surface area contributed by atoms with Crippen molar-refractivity contribution in [1.82, 2.24) is 24.5 Å². The molecule has 2 aliphatic rings. The lowest BCUT2D eigenvalue weighted by Crippen LogP contribution is -2.18. The molecule has 0 fully saturated rings. The van der Waals surface area contributed by atoms with Crippen molar-refractivity contribution in [2.24, 2.45) is 27.9 Å². The van der Waals surface area contributed by atoms with Crippen molar-refractivity contribution in [2.75, 3.05) is 27.7 Å². The van der Waals surface area contributed by atoms with Gasteiger partial charge in [0.25, 0.3) is 0 Å². The van der Waals surface area contributed by atoms with Crippen LogP contribution in [-0.2, 0) is 26.4 Å². The number of allylic oxidation sites excluding steroid dienone is 2. The summed E-state index contributed by atoms with van der Waals surface area (Å²) in [6.45, 7) is 4.10. The topological polar surface area (TPSA) is 99.8 Å². The first-order valence-electron chi connectivity index (χ1n) is 14.4. The fraction of sp³-hybridized carbons (Fsp3) is 0.438. The van der Waals surface area contributed by atoms with Gasteiger partial charge in [-0.3, -0.25) is 14.4 Å². The Morgan fingerprint density at radius 3 is 2.85 bits per heavy atom. The number of benzene rings is 1. The summed E-state index contributed by atoms with van der Waals surface area (Å²) in [5.74, 6) is 1.11. The molecule has 1 aliphatic carbocycles. The minimum atomic E-state index is -0.111. The molecular formula is C32H41N9. The number of aromatic nitrogens is 4. The summed E-state index contributed by atoms with van der Waals surface area (Å²) in [5, 5.41) is 17.3. The van der Waals surface area contributed by atoms with Crippen LogP contribution in [0, 0.1) is 11.3 Å². The molecule has 2 atom stereocenters. The molecule has 0 spiro atoms.